The first-order valence-corrected chi connectivity index (χ1v) is 11.1. The molecule has 0 aliphatic rings. The number of benzene rings is 2. The summed E-state index contributed by atoms with van der Waals surface area (Å²) in [5, 5.41) is 20.7. The lowest BCUT2D eigenvalue weighted by atomic mass is 9.82. The largest absolute Gasteiger partial charge is 0.466 e. The number of rotatable bonds is 10. The molecule has 1 amide bonds. The lowest BCUT2D eigenvalue weighted by molar-refractivity contribution is -0.136. The van der Waals surface area contributed by atoms with Crippen LogP contribution in [-0.4, -0.2) is 35.3 Å². The topological polar surface area (TPSA) is 118 Å². The fraction of sp³-hybridized carbons (Fsp3) is 0.320. The second-order valence-electron chi connectivity index (χ2n) is 8.37. The lowest BCUT2D eigenvalue weighted by Gasteiger charge is -2.31. The SMILES string of the molecule is Cc1nonc1C(C)(COC=O)C(=O)N[C@@H](C)[C@@H](Cc1ccc(Cl)cc1)c1cccc(C#N)c1. The molecule has 9 heteroatoms. The Hall–Kier alpha value is -3.70. The van der Waals surface area contributed by atoms with Gasteiger partial charge in [0.1, 0.15) is 23.4 Å². The van der Waals surface area contributed by atoms with Crippen molar-refractivity contribution in [1.82, 2.24) is 15.6 Å². The van der Waals surface area contributed by atoms with Crippen molar-refractivity contribution in [3.8, 4) is 6.07 Å². The van der Waals surface area contributed by atoms with Crippen LogP contribution in [0.1, 0.15) is 47.8 Å². The number of aryl methyl sites for hydroxylation is 1. The predicted octanol–water partition coefficient (Wildman–Crippen LogP) is 3.87. The van der Waals surface area contributed by atoms with Gasteiger partial charge in [-0.1, -0.05) is 46.2 Å². The number of hydrogen-bond donors (Lipinski definition) is 1. The summed E-state index contributed by atoms with van der Waals surface area (Å²) >= 11 is 6.04. The van der Waals surface area contributed by atoms with Gasteiger partial charge < -0.3 is 10.1 Å². The van der Waals surface area contributed by atoms with Gasteiger partial charge >= 0.3 is 0 Å². The number of aromatic nitrogens is 2. The highest BCUT2D eigenvalue weighted by Gasteiger charge is 2.42. The van der Waals surface area contributed by atoms with Crippen LogP contribution in [0.25, 0.3) is 0 Å². The summed E-state index contributed by atoms with van der Waals surface area (Å²) in [5.41, 5.74) is 1.89. The number of halogens is 1. The minimum Gasteiger partial charge on any atom is -0.466 e. The van der Waals surface area contributed by atoms with Crippen LogP contribution in [0.15, 0.2) is 53.2 Å². The van der Waals surface area contributed by atoms with Crippen molar-refractivity contribution < 1.29 is 19.0 Å². The van der Waals surface area contributed by atoms with Crippen LogP contribution in [0, 0.1) is 18.3 Å². The summed E-state index contributed by atoms with van der Waals surface area (Å²) in [4.78, 5) is 24.4. The third-order valence-corrected chi connectivity index (χ3v) is 6.14. The first kappa shape index (κ1) is 24.9. The van der Waals surface area contributed by atoms with E-state index in [0.717, 1.165) is 11.1 Å². The van der Waals surface area contributed by atoms with Crippen LogP contribution in [0.4, 0.5) is 0 Å². The van der Waals surface area contributed by atoms with Crippen molar-refractivity contribution in [1.29, 1.82) is 5.26 Å². The van der Waals surface area contributed by atoms with Crippen LogP contribution < -0.4 is 5.32 Å². The second kappa shape index (κ2) is 10.9. The minimum atomic E-state index is -1.31. The van der Waals surface area contributed by atoms with Gasteiger partial charge in [-0.2, -0.15) is 5.26 Å². The standard InChI is InChI=1S/C25H25ClN4O4/c1-16(28-24(32)25(3,14-33-15-31)23-17(2)29-34-30-23)22(12-18-7-9-21(26)10-8-18)20-6-4-5-19(11-20)13-27/h4-11,15-16,22H,12,14H2,1-3H3,(H,28,32)/t16-,22+,25?/m0/s1. The van der Waals surface area contributed by atoms with Gasteiger partial charge in [0, 0.05) is 17.0 Å². The second-order valence-corrected chi connectivity index (χ2v) is 8.81. The van der Waals surface area contributed by atoms with Crippen molar-refractivity contribution in [2.75, 3.05) is 6.61 Å². The van der Waals surface area contributed by atoms with Crippen LogP contribution in [0.2, 0.25) is 5.02 Å². The van der Waals surface area contributed by atoms with Gasteiger partial charge in [-0.15, -0.1) is 0 Å². The van der Waals surface area contributed by atoms with Crippen LogP contribution in [0.5, 0.6) is 0 Å². The number of carbonyl (C=O) groups is 2. The Morgan fingerprint density at radius 1 is 1.29 bits per heavy atom. The first-order valence-electron chi connectivity index (χ1n) is 10.7. The van der Waals surface area contributed by atoms with E-state index in [4.69, 9.17) is 21.0 Å². The third kappa shape index (κ3) is 5.61. The predicted molar refractivity (Wildman–Crippen MR) is 125 cm³/mol. The minimum absolute atomic E-state index is 0.161. The molecule has 3 atom stereocenters. The summed E-state index contributed by atoms with van der Waals surface area (Å²) < 4.78 is 9.76. The van der Waals surface area contributed by atoms with Gasteiger partial charge in [0.15, 0.2) is 0 Å². The van der Waals surface area contributed by atoms with E-state index in [-0.39, 0.29) is 25.0 Å². The molecule has 1 heterocycles. The number of amides is 1. The quantitative estimate of drug-likeness (QED) is 0.437. The van der Waals surface area contributed by atoms with E-state index >= 15 is 0 Å². The number of nitriles is 1. The van der Waals surface area contributed by atoms with E-state index in [1.807, 2.05) is 49.4 Å². The van der Waals surface area contributed by atoms with Gasteiger partial charge in [-0.25, -0.2) is 4.63 Å². The molecule has 0 aliphatic carbocycles. The summed E-state index contributed by atoms with van der Waals surface area (Å²) in [7, 11) is 0. The Labute approximate surface area is 202 Å². The van der Waals surface area contributed by atoms with Crippen LogP contribution in [-0.2, 0) is 26.2 Å². The summed E-state index contributed by atoms with van der Waals surface area (Å²) in [6.07, 6.45) is 0.597. The molecule has 1 aromatic heterocycles. The molecule has 0 saturated heterocycles. The molecule has 1 N–H and O–H groups in total. The third-order valence-electron chi connectivity index (χ3n) is 5.89. The molecule has 0 radical (unpaired) electrons. The molecule has 8 nitrogen and oxygen atoms in total. The summed E-state index contributed by atoms with van der Waals surface area (Å²) in [6.45, 7) is 5.24. The average molecular weight is 481 g/mol. The highest BCUT2D eigenvalue weighted by atomic mass is 35.5. The molecule has 0 spiro atoms. The van der Waals surface area contributed by atoms with Crippen molar-refractivity contribution in [2.24, 2.45) is 0 Å². The maximum atomic E-state index is 13.5. The molecule has 176 valence electrons. The summed E-state index contributed by atoms with van der Waals surface area (Å²) in [5.74, 6) is -0.551. The number of nitrogens with one attached hydrogen (secondary N) is 1. The Bertz CT molecular complexity index is 1190. The molecule has 3 rings (SSSR count). The molecule has 3 aromatic rings. The lowest BCUT2D eigenvalue weighted by Crippen LogP contribution is -2.50. The zero-order valence-corrected chi connectivity index (χ0v) is 19.9. The Morgan fingerprint density at radius 2 is 2.03 bits per heavy atom. The van der Waals surface area contributed by atoms with Crippen LogP contribution in [0.3, 0.4) is 0 Å². The summed E-state index contributed by atoms with van der Waals surface area (Å²) in [6, 6.07) is 16.6. The van der Waals surface area contributed by atoms with Gasteiger partial charge in [0.05, 0.1) is 11.6 Å². The number of ether oxygens (including phenoxy) is 1. The normalized spacial score (nSPS) is 14.3. The number of nitrogens with zero attached hydrogens (tertiary/aromatic N) is 3. The van der Waals surface area contributed by atoms with Crippen LogP contribution >= 0.6 is 11.6 Å². The highest BCUT2D eigenvalue weighted by Crippen LogP contribution is 2.29. The zero-order valence-electron chi connectivity index (χ0n) is 19.1. The zero-order chi connectivity index (χ0) is 24.7. The van der Waals surface area contributed by atoms with E-state index < -0.39 is 11.3 Å². The van der Waals surface area contributed by atoms with E-state index in [1.54, 1.807) is 19.9 Å². The number of hydrogen-bond acceptors (Lipinski definition) is 7. The number of carbonyl (C=O) groups excluding carboxylic acids is 2. The monoisotopic (exact) mass is 480 g/mol. The molecule has 0 aliphatic heterocycles. The van der Waals surface area contributed by atoms with Gasteiger partial charge in [-0.3, -0.25) is 9.59 Å². The fourth-order valence-corrected chi connectivity index (χ4v) is 4.06. The van der Waals surface area contributed by atoms with Gasteiger partial charge in [0.2, 0.25) is 5.91 Å². The molecule has 0 bridgehead atoms. The maximum absolute atomic E-state index is 13.5. The van der Waals surface area contributed by atoms with E-state index in [0.29, 0.717) is 28.4 Å². The van der Waals surface area contributed by atoms with Gasteiger partial charge in [-0.05, 0) is 62.6 Å². The first-order chi connectivity index (χ1) is 16.3. The van der Waals surface area contributed by atoms with Crippen molar-refractivity contribution >= 4 is 24.0 Å². The maximum Gasteiger partial charge on any atom is 0.293 e. The van der Waals surface area contributed by atoms with Crippen molar-refractivity contribution in [2.45, 2.75) is 44.6 Å². The molecule has 0 saturated carbocycles. The van der Waals surface area contributed by atoms with Crippen molar-refractivity contribution in [3.63, 3.8) is 0 Å². The van der Waals surface area contributed by atoms with E-state index in [9.17, 15) is 14.9 Å². The Kier molecular flexibility index (Phi) is 8.03. The van der Waals surface area contributed by atoms with Gasteiger partial charge in [0.25, 0.3) is 6.47 Å². The molecule has 1 unspecified atom stereocenters. The smallest absolute Gasteiger partial charge is 0.293 e. The molecule has 0 fully saturated rings. The molecule has 2 aromatic carbocycles. The fourth-order valence-electron chi connectivity index (χ4n) is 3.94. The average Bonchev–Trinajstić information content (AvgIpc) is 3.28. The van der Waals surface area contributed by atoms with Crippen molar-refractivity contribution in [3.05, 3.63) is 81.6 Å². The molecular formula is C25H25ClN4O4. The molecular weight excluding hydrogens is 456 g/mol. The molecule has 34 heavy (non-hydrogen) atoms. The Morgan fingerprint density at radius 3 is 2.65 bits per heavy atom. The van der Waals surface area contributed by atoms with E-state index in [1.165, 1.54) is 0 Å². The van der Waals surface area contributed by atoms with E-state index in [2.05, 4.69) is 21.7 Å². The Balaban J connectivity index is 1.92. The highest BCUT2D eigenvalue weighted by molar-refractivity contribution is 6.30.